The van der Waals surface area contributed by atoms with Crippen molar-refractivity contribution in [3.8, 4) is 0 Å². The summed E-state index contributed by atoms with van der Waals surface area (Å²) in [5.74, 6) is 0. The van der Waals surface area contributed by atoms with Crippen molar-refractivity contribution in [2.75, 3.05) is 0 Å². The van der Waals surface area contributed by atoms with Crippen LogP contribution in [0.5, 0.6) is 0 Å². The molecule has 0 saturated carbocycles. The summed E-state index contributed by atoms with van der Waals surface area (Å²) in [6.07, 6.45) is 0. The van der Waals surface area contributed by atoms with E-state index in [-0.39, 0.29) is 5.54 Å². The minimum absolute atomic E-state index is 0.308. The first-order valence-electron chi connectivity index (χ1n) is 8.76. The molecule has 0 aromatic heterocycles. The third-order valence-electron chi connectivity index (χ3n) is 4.54. The van der Waals surface area contributed by atoms with E-state index >= 15 is 0 Å². The summed E-state index contributed by atoms with van der Waals surface area (Å²) in [6, 6.07) is 27.5. The van der Waals surface area contributed by atoms with Gasteiger partial charge in [0.1, 0.15) is 0 Å². The van der Waals surface area contributed by atoms with Gasteiger partial charge < -0.3 is 0 Å². The molecule has 0 unspecified atom stereocenters. The Labute approximate surface area is 151 Å². The zero-order valence-electron chi connectivity index (χ0n) is 15.5. The maximum absolute atomic E-state index is 5.24. The van der Waals surface area contributed by atoms with E-state index in [2.05, 4.69) is 94.4 Å². The van der Waals surface area contributed by atoms with E-state index in [1.165, 1.54) is 16.7 Å². The van der Waals surface area contributed by atoms with Crippen molar-refractivity contribution in [2.45, 2.75) is 33.2 Å². The summed E-state index contributed by atoms with van der Waals surface area (Å²) in [5.41, 5.74) is 6.84. The predicted molar refractivity (Wildman–Crippen MR) is 107 cm³/mol. The van der Waals surface area contributed by atoms with E-state index in [0.717, 1.165) is 16.8 Å². The molecule has 0 saturated heterocycles. The maximum atomic E-state index is 5.24. The number of hydrogen-bond donors (Lipinski definition) is 0. The van der Waals surface area contributed by atoms with Gasteiger partial charge in [0.25, 0.3) is 0 Å². The fourth-order valence-corrected chi connectivity index (χ4v) is 3.22. The van der Waals surface area contributed by atoms with Crippen LogP contribution in [0.3, 0.4) is 0 Å². The molecule has 0 aliphatic heterocycles. The summed E-state index contributed by atoms with van der Waals surface area (Å²) >= 11 is 0. The summed E-state index contributed by atoms with van der Waals surface area (Å²) in [5, 5.41) is 0. The van der Waals surface area contributed by atoms with Gasteiger partial charge in [0, 0.05) is 11.1 Å². The second kappa shape index (κ2) is 7.06. The van der Waals surface area contributed by atoms with Gasteiger partial charge in [-0.25, -0.2) is 0 Å². The summed E-state index contributed by atoms with van der Waals surface area (Å²) in [7, 11) is 0. The van der Waals surface area contributed by atoms with E-state index in [0.29, 0.717) is 0 Å². The van der Waals surface area contributed by atoms with Crippen molar-refractivity contribution in [3.63, 3.8) is 0 Å². The first kappa shape index (κ1) is 17.2. The van der Waals surface area contributed by atoms with E-state index in [4.69, 9.17) is 4.99 Å². The molecule has 25 heavy (non-hydrogen) atoms. The maximum Gasteiger partial charge on any atom is 0.0810 e. The molecule has 0 N–H and O–H groups in total. The van der Waals surface area contributed by atoms with Gasteiger partial charge in [-0.15, -0.1) is 0 Å². The van der Waals surface area contributed by atoms with Crippen LogP contribution in [0.2, 0.25) is 0 Å². The standard InChI is InChI=1S/C24H25N/c1-18-15-16-19(2)22(17-18)24(3,4)25-23(20-11-7-5-8-12-20)21-13-9-6-10-14-21/h5-17H,1-4H3. The average Bonchev–Trinajstić information content (AvgIpc) is 2.63. The van der Waals surface area contributed by atoms with Gasteiger partial charge >= 0.3 is 0 Å². The Morgan fingerprint density at radius 3 is 1.76 bits per heavy atom. The lowest BCUT2D eigenvalue weighted by molar-refractivity contribution is 0.555. The van der Waals surface area contributed by atoms with Crippen molar-refractivity contribution < 1.29 is 0 Å². The molecule has 1 heteroatoms. The third kappa shape index (κ3) is 3.88. The van der Waals surface area contributed by atoms with Crippen LogP contribution in [-0.2, 0) is 5.54 Å². The lowest BCUT2D eigenvalue weighted by Gasteiger charge is -2.25. The normalized spacial score (nSPS) is 11.2. The zero-order valence-corrected chi connectivity index (χ0v) is 15.5. The summed E-state index contributed by atoms with van der Waals surface area (Å²) in [4.78, 5) is 5.24. The SMILES string of the molecule is Cc1ccc(C)c(C(C)(C)N=C(c2ccccc2)c2ccccc2)c1. The average molecular weight is 327 g/mol. The van der Waals surface area contributed by atoms with Crippen molar-refractivity contribution in [1.29, 1.82) is 0 Å². The van der Waals surface area contributed by atoms with Crippen LogP contribution in [0.1, 0.15) is 41.7 Å². The number of benzene rings is 3. The molecule has 1 nitrogen and oxygen atoms in total. The molecule has 3 aromatic carbocycles. The highest BCUT2D eigenvalue weighted by Gasteiger charge is 2.23. The van der Waals surface area contributed by atoms with Crippen molar-refractivity contribution in [1.82, 2.24) is 0 Å². The Balaban J connectivity index is 2.17. The monoisotopic (exact) mass is 327 g/mol. The second-order valence-electron chi connectivity index (χ2n) is 7.07. The van der Waals surface area contributed by atoms with Crippen LogP contribution in [0.4, 0.5) is 0 Å². The number of nitrogens with zero attached hydrogens (tertiary/aromatic N) is 1. The summed E-state index contributed by atoms with van der Waals surface area (Å²) < 4.78 is 0. The molecular weight excluding hydrogens is 302 g/mol. The molecule has 0 spiro atoms. The first-order chi connectivity index (χ1) is 12.0. The minimum Gasteiger partial charge on any atom is -0.273 e. The molecule has 126 valence electrons. The van der Waals surface area contributed by atoms with Crippen molar-refractivity contribution in [3.05, 3.63) is 107 Å². The molecule has 0 aliphatic carbocycles. The fourth-order valence-electron chi connectivity index (χ4n) is 3.22. The van der Waals surface area contributed by atoms with Crippen LogP contribution in [0, 0.1) is 13.8 Å². The Morgan fingerprint density at radius 1 is 0.720 bits per heavy atom. The van der Waals surface area contributed by atoms with Crippen LogP contribution in [-0.4, -0.2) is 5.71 Å². The van der Waals surface area contributed by atoms with Crippen LogP contribution >= 0.6 is 0 Å². The Kier molecular flexibility index (Phi) is 4.85. The zero-order chi connectivity index (χ0) is 17.9. The highest BCUT2D eigenvalue weighted by Crippen LogP contribution is 2.30. The van der Waals surface area contributed by atoms with Crippen LogP contribution in [0.15, 0.2) is 83.9 Å². The highest BCUT2D eigenvalue weighted by molar-refractivity contribution is 6.13. The van der Waals surface area contributed by atoms with E-state index in [1.54, 1.807) is 0 Å². The van der Waals surface area contributed by atoms with Gasteiger partial charge in [0.05, 0.1) is 11.3 Å². The first-order valence-corrected chi connectivity index (χ1v) is 8.76. The molecule has 0 heterocycles. The Morgan fingerprint density at radius 2 is 1.24 bits per heavy atom. The fraction of sp³-hybridized carbons (Fsp3) is 0.208. The quantitative estimate of drug-likeness (QED) is 0.515. The van der Waals surface area contributed by atoms with Gasteiger partial charge in [-0.3, -0.25) is 4.99 Å². The van der Waals surface area contributed by atoms with Crippen molar-refractivity contribution in [2.24, 2.45) is 4.99 Å². The second-order valence-corrected chi connectivity index (χ2v) is 7.07. The van der Waals surface area contributed by atoms with Gasteiger partial charge in [-0.05, 0) is 38.8 Å². The molecule has 0 bridgehead atoms. The third-order valence-corrected chi connectivity index (χ3v) is 4.54. The largest absolute Gasteiger partial charge is 0.273 e. The molecular formula is C24H25N. The Bertz CT molecular complexity index is 833. The van der Waals surface area contributed by atoms with Crippen LogP contribution in [0.25, 0.3) is 0 Å². The smallest absolute Gasteiger partial charge is 0.0810 e. The van der Waals surface area contributed by atoms with E-state index < -0.39 is 0 Å². The van der Waals surface area contributed by atoms with Gasteiger partial charge in [-0.2, -0.15) is 0 Å². The number of aliphatic imine (C=N–C) groups is 1. The number of rotatable bonds is 4. The predicted octanol–water partition coefficient (Wildman–Crippen LogP) is 6.08. The lowest BCUT2D eigenvalue weighted by atomic mass is 9.89. The van der Waals surface area contributed by atoms with Crippen LogP contribution < -0.4 is 0 Å². The molecule has 0 amide bonds. The molecule has 0 fully saturated rings. The number of hydrogen-bond acceptors (Lipinski definition) is 1. The topological polar surface area (TPSA) is 12.4 Å². The van der Waals surface area contributed by atoms with E-state index in [1.807, 2.05) is 12.1 Å². The molecule has 3 aromatic rings. The molecule has 0 radical (unpaired) electrons. The van der Waals surface area contributed by atoms with Gasteiger partial charge in [0.15, 0.2) is 0 Å². The summed E-state index contributed by atoms with van der Waals surface area (Å²) in [6.45, 7) is 8.69. The minimum atomic E-state index is -0.308. The number of aryl methyl sites for hydroxylation is 2. The molecule has 3 rings (SSSR count). The lowest BCUT2D eigenvalue weighted by Crippen LogP contribution is -2.20. The Hall–Kier alpha value is -2.67. The van der Waals surface area contributed by atoms with E-state index in [9.17, 15) is 0 Å². The molecule has 0 atom stereocenters. The highest BCUT2D eigenvalue weighted by atomic mass is 14.9. The van der Waals surface area contributed by atoms with Crippen molar-refractivity contribution >= 4 is 5.71 Å². The molecule has 0 aliphatic rings. The van der Waals surface area contributed by atoms with Gasteiger partial charge in [-0.1, -0.05) is 84.4 Å². The van der Waals surface area contributed by atoms with Gasteiger partial charge in [0.2, 0.25) is 0 Å².